The normalized spacial score (nSPS) is 19.0. The summed E-state index contributed by atoms with van der Waals surface area (Å²) in [6.45, 7) is 1.12. The third-order valence-corrected chi connectivity index (χ3v) is 2.93. The van der Waals surface area contributed by atoms with E-state index in [1.54, 1.807) is 17.0 Å². The number of nitrogens with zero attached hydrogens (tertiary/aromatic N) is 1. The molecule has 1 unspecified atom stereocenters. The zero-order valence-electron chi connectivity index (χ0n) is 10.0. The molecule has 0 saturated carbocycles. The summed E-state index contributed by atoms with van der Waals surface area (Å²) in [5, 5.41) is 9.31. The number of rotatable bonds is 4. The lowest BCUT2D eigenvalue weighted by Crippen LogP contribution is -2.30. The maximum absolute atomic E-state index is 13.2. The molecule has 0 aromatic heterocycles. The van der Waals surface area contributed by atoms with E-state index < -0.39 is 11.9 Å². The number of hydrogen-bond acceptors (Lipinski definition) is 3. The van der Waals surface area contributed by atoms with Crippen molar-refractivity contribution in [2.24, 2.45) is 0 Å². The van der Waals surface area contributed by atoms with E-state index in [4.69, 9.17) is 4.74 Å². The van der Waals surface area contributed by atoms with Crippen LogP contribution in [0, 0.1) is 5.82 Å². The molecule has 0 bridgehead atoms. The van der Waals surface area contributed by atoms with E-state index in [1.165, 1.54) is 12.1 Å². The number of carbonyl (C=O) groups excluding carboxylic acids is 1. The summed E-state index contributed by atoms with van der Waals surface area (Å²) in [5.41, 5.74) is 0. The first-order chi connectivity index (χ1) is 8.66. The van der Waals surface area contributed by atoms with Crippen LogP contribution in [0.3, 0.4) is 0 Å². The molecule has 1 atom stereocenters. The Morgan fingerprint density at radius 1 is 1.50 bits per heavy atom. The van der Waals surface area contributed by atoms with Gasteiger partial charge < -0.3 is 14.7 Å². The molecule has 1 aliphatic heterocycles. The van der Waals surface area contributed by atoms with Crippen LogP contribution >= 0.6 is 0 Å². The van der Waals surface area contributed by atoms with E-state index in [2.05, 4.69) is 0 Å². The molecular weight excluding hydrogens is 237 g/mol. The van der Waals surface area contributed by atoms with Gasteiger partial charge in [0.05, 0.1) is 19.1 Å². The molecule has 0 spiro atoms. The number of carbonyl (C=O) groups is 1. The van der Waals surface area contributed by atoms with Crippen LogP contribution in [0.4, 0.5) is 4.39 Å². The van der Waals surface area contributed by atoms with Gasteiger partial charge in [-0.25, -0.2) is 4.39 Å². The molecule has 5 heteroatoms. The van der Waals surface area contributed by atoms with E-state index in [0.29, 0.717) is 19.5 Å². The predicted octanol–water partition coefficient (Wildman–Crippen LogP) is 1.19. The van der Waals surface area contributed by atoms with Gasteiger partial charge in [-0.15, -0.1) is 0 Å². The zero-order chi connectivity index (χ0) is 13.0. The fourth-order valence-electron chi connectivity index (χ4n) is 1.94. The maximum Gasteiger partial charge on any atom is 0.226 e. The molecule has 1 aliphatic rings. The summed E-state index contributed by atoms with van der Waals surface area (Å²) in [6.07, 6.45) is 0.405. The first kappa shape index (κ1) is 12.8. The van der Waals surface area contributed by atoms with Crippen LogP contribution < -0.4 is 4.74 Å². The molecular formula is C13H16FNO3. The highest BCUT2D eigenvalue weighted by Gasteiger charge is 2.24. The predicted molar refractivity (Wildman–Crippen MR) is 63.7 cm³/mol. The van der Waals surface area contributed by atoms with Gasteiger partial charge in [0.1, 0.15) is 0 Å². The van der Waals surface area contributed by atoms with E-state index in [-0.39, 0.29) is 24.7 Å². The average molecular weight is 253 g/mol. The summed E-state index contributed by atoms with van der Waals surface area (Å²) in [7, 11) is 0. The van der Waals surface area contributed by atoms with Crippen molar-refractivity contribution in [3.05, 3.63) is 30.1 Å². The van der Waals surface area contributed by atoms with E-state index in [9.17, 15) is 14.3 Å². The number of benzene rings is 1. The molecule has 1 heterocycles. The lowest BCUT2D eigenvalue weighted by molar-refractivity contribution is -0.131. The number of para-hydroxylation sites is 1. The number of ether oxygens (including phenoxy) is 1. The number of aliphatic hydroxyl groups is 1. The molecule has 0 radical (unpaired) electrons. The van der Waals surface area contributed by atoms with Crippen molar-refractivity contribution in [1.29, 1.82) is 0 Å². The highest BCUT2D eigenvalue weighted by molar-refractivity contribution is 5.76. The molecule has 1 N–H and O–H groups in total. The summed E-state index contributed by atoms with van der Waals surface area (Å²) in [6, 6.07) is 6.10. The number of halogens is 1. The zero-order valence-corrected chi connectivity index (χ0v) is 10.0. The second kappa shape index (κ2) is 5.82. The molecule has 1 saturated heterocycles. The topological polar surface area (TPSA) is 49.8 Å². The molecule has 1 amide bonds. The van der Waals surface area contributed by atoms with Gasteiger partial charge in [-0.1, -0.05) is 12.1 Å². The minimum atomic E-state index is -0.429. The number of hydrogen-bond donors (Lipinski definition) is 1. The second-order valence-corrected chi connectivity index (χ2v) is 4.31. The SMILES string of the molecule is O=C(CCOc1ccccc1F)N1CCC(O)C1. The third-order valence-electron chi connectivity index (χ3n) is 2.93. The monoisotopic (exact) mass is 253 g/mol. The van der Waals surface area contributed by atoms with Crippen LogP contribution in [-0.2, 0) is 4.79 Å². The van der Waals surface area contributed by atoms with E-state index in [1.807, 2.05) is 0 Å². The van der Waals surface area contributed by atoms with Crippen molar-refractivity contribution < 1.29 is 19.0 Å². The van der Waals surface area contributed by atoms with Gasteiger partial charge in [0, 0.05) is 13.1 Å². The fourth-order valence-corrected chi connectivity index (χ4v) is 1.94. The summed E-state index contributed by atoms with van der Waals surface area (Å²) in [4.78, 5) is 13.3. The van der Waals surface area contributed by atoms with Gasteiger partial charge >= 0.3 is 0 Å². The molecule has 4 nitrogen and oxygen atoms in total. The Labute approximate surface area is 105 Å². The highest BCUT2D eigenvalue weighted by atomic mass is 19.1. The minimum absolute atomic E-state index is 0.0668. The lowest BCUT2D eigenvalue weighted by Gasteiger charge is -2.15. The fraction of sp³-hybridized carbons (Fsp3) is 0.462. The largest absolute Gasteiger partial charge is 0.490 e. The summed E-state index contributed by atoms with van der Waals surface area (Å²) in [5.74, 6) is -0.337. The van der Waals surface area contributed by atoms with Crippen LogP contribution in [0.2, 0.25) is 0 Å². The van der Waals surface area contributed by atoms with Gasteiger partial charge in [-0.05, 0) is 18.6 Å². The standard InChI is InChI=1S/C13H16FNO3/c14-11-3-1-2-4-12(11)18-8-6-13(17)15-7-5-10(16)9-15/h1-4,10,16H,5-9H2. The summed E-state index contributed by atoms with van der Waals surface area (Å²) >= 11 is 0. The molecule has 1 fully saturated rings. The molecule has 1 aromatic carbocycles. The van der Waals surface area contributed by atoms with Crippen LogP contribution in [0.1, 0.15) is 12.8 Å². The van der Waals surface area contributed by atoms with Crippen molar-refractivity contribution in [3.63, 3.8) is 0 Å². The van der Waals surface area contributed by atoms with Crippen LogP contribution in [0.25, 0.3) is 0 Å². The van der Waals surface area contributed by atoms with E-state index >= 15 is 0 Å². The number of amides is 1. The quantitative estimate of drug-likeness (QED) is 0.876. The second-order valence-electron chi connectivity index (χ2n) is 4.31. The van der Waals surface area contributed by atoms with Crippen LogP contribution in [-0.4, -0.2) is 41.7 Å². The highest BCUT2D eigenvalue weighted by Crippen LogP contribution is 2.16. The smallest absolute Gasteiger partial charge is 0.226 e. The third kappa shape index (κ3) is 3.20. The van der Waals surface area contributed by atoms with Crippen molar-refractivity contribution in [3.8, 4) is 5.75 Å². The van der Waals surface area contributed by atoms with Crippen molar-refractivity contribution >= 4 is 5.91 Å². The van der Waals surface area contributed by atoms with Gasteiger partial charge in [0.2, 0.25) is 5.91 Å². The first-order valence-electron chi connectivity index (χ1n) is 6.00. The molecule has 2 rings (SSSR count). The van der Waals surface area contributed by atoms with Crippen LogP contribution in [0.5, 0.6) is 5.75 Å². The Bertz CT molecular complexity index is 424. The molecule has 0 aliphatic carbocycles. The van der Waals surface area contributed by atoms with E-state index in [0.717, 1.165) is 0 Å². The van der Waals surface area contributed by atoms with Gasteiger partial charge in [-0.2, -0.15) is 0 Å². The van der Waals surface area contributed by atoms with Crippen molar-refractivity contribution in [1.82, 2.24) is 4.90 Å². The average Bonchev–Trinajstić information content (AvgIpc) is 2.78. The van der Waals surface area contributed by atoms with Gasteiger partial charge in [0.25, 0.3) is 0 Å². The summed E-state index contributed by atoms with van der Waals surface area (Å²) < 4.78 is 18.4. The van der Waals surface area contributed by atoms with Crippen LogP contribution in [0.15, 0.2) is 24.3 Å². The molecule has 98 valence electrons. The number of β-amino-alcohol motifs (C(OH)–C–C–N with tert-alkyl or cyclic N) is 1. The number of aliphatic hydroxyl groups excluding tert-OH is 1. The number of likely N-dealkylation sites (tertiary alicyclic amines) is 1. The molecule has 18 heavy (non-hydrogen) atoms. The maximum atomic E-state index is 13.2. The first-order valence-corrected chi connectivity index (χ1v) is 6.00. The lowest BCUT2D eigenvalue weighted by atomic mass is 10.3. The Kier molecular flexibility index (Phi) is 4.15. The van der Waals surface area contributed by atoms with Crippen molar-refractivity contribution in [2.45, 2.75) is 18.9 Å². The minimum Gasteiger partial charge on any atom is -0.490 e. The van der Waals surface area contributed by atoms with Gasteiger partial charge in [-0.3, -0.25) is 4.79 Å². The Morgan fingerprint density at radius 3 is 2.94 bits per heavy atom. The molecule has 1 aromatic rings. The Morgan fingerprint density at radius 2 is 2.28 bits per heavy atom. The van der Waals surface area contributed by atoms with Crippen molar-refractivity contribution in [2.75, 3.05) is 19.7 Å². The Balaban J connectivity index is 1.75. The van der Waals surface area contributed by atoms with Gasteiger partial charge in [0.15, 0.2) is 11.6 Å². The Hall–Kier alpha value is -1.62.